The number of non-ortho nitro benzene ring substituents is 1. The second kappa shape index (κ2) is 6.67. The fourth-order valence-electron chi connectivity index (χ4n) is 2.70. The number of hydrogen-bond acceptors (Lipinski definition) is 5. The Labute approximate surface area is 118 Å². The van der Waals surface area contributed by atoms with Gasteiger partial charge in [0.2, 0.25) is 0 Å². The summed E-state index contributed by atoms with van der Waals surface area (Å²) < 4.78 is 10.8. The zero-order valence-electron chi connectivity index (χ0n) is 11.8. The highest BCUT2D eigenvalue weighted by molar-refractivity contribution is 5.44. The van der Waals surface area contributed by atoms with Gasteiger partial charge in [-0.15, -0.1) is 0 Å². The normalized spacial score (nSPS) is 22.5. The highest BCUT2D eigenvalue weighted by atomic mass is 16.6. The highest BCUT2D eigenvalue weighted by Gasteiger charge is 2.26. The quantitative estimate of drug-likeness (QED) is 0.657. The molecule has 1 heterocycles. The number of nitrogens with one attached hydrogen (secondary N) is 1. The molecule has 6 nitrogen and oxygen atoms in total. The summed E-state index contributed by atoms with van der Waals surface area (Å²) in [5.41, 5.74) is 0.955. The van der Waals surface area contributed by atoms with Gasteiger partial charge >= 0.3 is 0 Å². The van der Waals surface area contributed by atoms with Gasteiger partial charge < -0.3 is 14.8 Å². The van der Waals surface area contributed by atoms with Crippen molar-refractivity contribution in [1.82, 2.24) is 5.32 Å². The molecule has 1 aliphatic rings. The van der Waals surface area contributed by atoms with E-state index in [1.807, 2.05) is 7.05 Å². The van der Waals surface area contributed by atoms with Crippen molar-refractivity contribution < 1.29 is 14.4 Å². The lowest BCUT2D eigenvalue weighted by Gasteiger charge is -2.31. The molecular weight excluding hydrogens is 260 g/mol. The predicted octanol–water partition coefficient (Wildman–Crippen LogP) is 1.77. The van der Waals surface area contributed by atoms with Gasteiger partial charge in [-0.05, 0) is 26.0 Å². The summed E-state index contributed by atoms with van der Waals surface area (Å²) in [7, 11) is 3.52. The van der Waals surface area contributed by atoms with E-state index in [1.54, 1.807) is 19.2 Å². The number of benzene rings is 1. The van der Waals surface area contributed by atoms with Crippen LogP contribution < -0.4 is 10.1 Å². The zero-order chi connectivity index (χ0) is 14.5. The Balaban J connectivity index is 2.21. The van der Waals surface area contributed by atoms with E-state index in [0.29, 0.717) is 30.7 Å². The molecule has 2 unspecified atom stereocenters. The molecule has 0 bridgehead atoms. The lowest BCUT2D eigenvalue weighted by Crippen LogP contribution is -2.41. The summed E-state index contributed by atoms with van der Waals surface area (Å²) in [6, 6.07) is 5.09. The molecule has 20 heavy (non-hydrogen) atoms. The van der Waals surface area contributed by atoms with Crippen molar-refractivity contribution in [3.63, 3.8) is 0 Å². The van der Waals surface area contributed by atoms with Gasteiger partial charge in [0, 0.05) is 36.3 Å². The first-order valence-corrected chi connectivity index (χ1v) is 6.72. The zero-order valence-corrected chi connectivity index (χ0v) is 11.8. The lowest BCUT2D eigenvalue weighted by atomic mass is 9.89. The number of nitrogens with zero attached hydrogens (tertiary/aromatic N) is 1. The number of ether oxygens (including phenoxy) is 2. The van der Waals surface area contributed by atoms with Gasteiger partial charge in [0.1, 0.15) is 5.75 Å². The molecule has 0 spiro atoms. The molecule has 0 aromatic heterocycles. The van der Waals surface area contributed by atoms with Crippen LogP contribution >= 0.6 is 0 Å². The predicted molar refractivity (Wildman–Crippen MR) is 75.1 cm³/mol. The van der Waals surface area contributed by atoms with Crippen LogP contribution in [0.3, 0.4) is 0 Å². The van der Waals surface area contributed by atoms with Crippen LogP contribution in [0.15, 0.2) is 18.2 Å². The molecule has 1 aliphatic heterocycles. The fraction of sp³-hybridized carbons (Fsp3) is 0.571. The van der Waals surface area contributed by atoms with Gasteiger partial charge in [0.25, 0.3) is 5.69 Å². The summed E-state index contributed by atoms with van der Waals surface area (Å²) in [6.07, 6.45) is 1.66. The fourth-order valence-corrected chi connectivity index (χ4v) is 2.70. The summed E-state index contributed by atoms with van der Waals surface area (Å²) in [5, 5.41) is 14.2. The van der Waals surface area contributed by atoms with Gasteiger partial charge in [0.05, 0.1) is 18.6 Å². The molecule has 0 saturated carbocycles. The molecular formula is C14H20N2O4. The van der Waals surface area contributed by atoms with Gasteiger partial charge in [-0.1, -0.05) is 0 Å². The maximum Gasteiger partial charge on any atom is 0.269 e. The molecule has 0 aliphatic carbocycles. The van der Waals surface area contributed by atoms with Gasteiger partial charge in [0.15, 0.2) is 0 Å². The first kappa shape index (κ1) is 14.7. The van der Waals surface area contributed by atoms with Crippen molar-refractivity contribution in [2.75, 3.05) is 27.4 Å². The van der Waals surface area contributed by atoms with E-state index in [1.165, 1.54) is 6.07 Å². The van der Waals surface area contributed by atoms with E-state index >= 15 is 0 Å². The lowest BCUT2D eigenvalue weighted by molar-refractivity contribution is -0.384. The average Bonchev–Trinajstić information content (AvgIpc) is 2.47. The largest absolute Gasteiger partial charge is 0.496 e. The minimum Gasteiger partial charge on any atom is -0.496 e. The van der Waals surface area contributed by atoms with Crippen LogP contribution in [0.2, 0.25) is 0 Å². The first-order chi connectivity index (χ1) is 9.65. The third-order valence-corrected chi connectivity index (χ3v) is 3.80. The summed E-state index contributed by atoms with van der Waals surface area (Å²) in [6.45, 7) is 1.42. The second-order valence-corrected chi connectivity index (χ2v) is 4.98. The number of rotatable bonds is 5. The standard InChI is InChI=1S/C14H20N2O4/c1-15-13-5-6-20-9-11(13)7-10-8-12(16(17)18)3-4-14(10)19-2/h3-4,8,11,13,15H,5-7,9H2,1-2H3. The molecule has 1 aromatic carbocycles. The van der Waals surface area contributed by atoms with Crippen LogP contribution in [0.25, 0.3) is 0 Å². The van der Waals surface area contributed by atoms with E-state index in [4.69, 9.17) is 9.47 Å². The van der Waals surface area contributed by atoms with E-state index < -0.39 is 0 Å². The Bertz CT molecular complexity index is 478. The molecule has 6 heteroatoms. The molecule has 1 N–H and O–H groups in total. The van der Waals surface area contributed by atoms with Gasteiger partial charge in [-0.25, -0.2) is 0 Å². The Hall–Kier alpha value is -1.66. The third-order valence-electron chi connectivity index (χ3n) is 3.80. The van der Waals surface area contributed by atoms with Crippen molar-refractivity contribution in [2.24, 2.45) is 5.92 Å². The average molecular weight is 280 g/mol. The Morgan fingerprint density at radius 2 is 2.35 bits per heavy atom. The number of nitro benzene ring substituents is 1. The van der Waals surface area contributed by atoms with E-state index in [9.17, 15) is 10.1 Å². The van der Waals surface area contributed by atoms with Crippen molar-refractivity contribution in [3.8, 4) is 5.75 Å². The van der Waals surface area contributed by atoms with Crippen molar-refractivity contribution in [2.45, 2.75) is 18.9 Å². The summed E-state index contributed by atoms with van der Waals surface area (Å²) >= 11 is 0. The van der Waals surface area contributed by atoms with Crippen molar-refractivity contribution in [3.05, 3.63) is 33.9 Å². The first-order valence-electron chi connectivity index (χ1n) is 6.72. The van der Waals surface area contributed by atoms with Crippen LogP contribution in [0, 0.1) is 16.0 Å². The maximum atomic E-state index is 10.9. The topological polar surface area (TPSA) is 73.6 Å². The molecule has 0 amide bonds. The van der Waals surface area contributed by atoms with E-state index in [0.717, 1.165) is 18.6 Å². The minimum absolute atomic E-state index is 0.0959. The highest BCUT2D eigenvalue weighted by Crippen LogP contribution is 2.28. The molecule has 2 atom stereocenters. The Morgan fingerprint density at radius 1 is 1.55 bits per heavy atom. The van der Waals surface area contributed by atoms with Gasteiger partial charge in [-0.2, -0.15) is 0 Å². The number of nitro groups is 1. The molecule has 0 radical (unpaired) electrons. The van der Waals surface area contributed by atoms with Crippen LogP contribution in [-0.4, -0.2) is 38.3 Å². The van der Waals surface area contributed by atoms with Crippen LogP contribution in [0.5, 0.6) is 5.75 Å². The smallest absolute Gasteiger partial charge is 0.269 e. The second-order valence-electron chi connectivity index (χ2n) is 4.98. The van der Waals surface area contributed by atoms with Crippen LogP contribution in [-0.2, 0) is 11.2 Å². The third kappa shape index (κ3) is 3.26. The monoisotopic (exact) mass is 280 g/mol. The Kier molecular flexibility index (Phi) is 4.92. The Morgan fingerprint density at radius 3 is 3.00 bits per heavy atom. The van der Waals surface area contributed by atoms with E-state index in [2.05, 4.69) is 5.32 Å². The molecule has 1 aromatic rings. The SMILES string of the molecule is CNC1CCOCC1Cc1cc([N+](=O)[O-])ccc1OC. The van der Waals surface area contributed by atoms with Crippen molar-refractivity contribution in [1.29, 1.82) is 0 Å². The summed E-state index contributed by atoms with van der Waals surface area (Å²) in [4.78, 5) is 10.5. The molecule has 1 saturated heterocycles. The summed E-state index contributed by atoms with van der Waals surface area (Å²) in [5.74, 6) is 0.987. The van der Waals surface area contributed by atoms with Gasteiger partial charge in [-0.3, -0.25) is 10.1 Å². The van der Waals surface area contributed by atoms with Crippen LogP contribution in [0.1, 0.15) is 12.0 Å². The maximum absolute atomic E-state index is 10.9. The molecule has 1 fully saturated rings. The number of hydrogen-bond donors (Lipinski definition) is 1. The molecule has 110 valence electrons. The van der Waals surface area contributed by atoms with E-state index in [-0.39, 0.29) is 10.6 Å². The number of methoxy groups -OCH3 is 1. The minimum atomic E-state index is -0.379. The van der Waals surface area contributed by atoms with Crippen molar-refractivity contribution >= 4 is 5.69 Å². The molecule has 2 rings (SSSR count). The van der Waals surface area contributed by atoms with Crippen LogP contribution in [0.4, 0.5) is 5.69 Å².